The molecule has 1 N–H and O–H groups in total. The van der Waals surface area contributed by atoms with Crippen molar-refractivity contribution >= 4 is 21.4 Å². The van der Waals surface area contributed by atoms with Crippen LogP contribution in [0.2, 0.25) is 0 Å². The maximum atomic E-state index is 13.6. The van der Waals surface area contributed by atoms with Gasteiger partial charge in [0, 0.05) is 17.5 Å². The Bertz CT molecular complexity index is 528. The Balaban J connectivity index is 1.97. The highest BCUT2D eigenvalue weighted by Gasteiger charge is 2.21. The Morgan fingerprint density at radius 2 is 2.25 bits per heavy atom. The third-order valence-electron chi connectivity index (χ3n) is 3.14. The number of rotatable bonds is 3. The van der Waals surface area contributed by atoms with E-state index in [0.29, 0.717) is 6.04 Å². The van der Waals surface area contributed by atoms with Gasteiger partial charge in [0.15, 0.2) is 0 Å². The van der Waals surface area contributed by atoms with Gasteiger partial charge in [0.25, 0.3) is 0 Å². The molecule has 3 heteroatoms. The van der Waals surface area contributed by atoms with E-state index in [1.807, 2.05) is 6.07 Å². The number of nitrogens with one attached hydrogen (secondary N) is 1. The lowest BCUT2D eigenvalue weighted by Crippen LogP contribution is -2.14. The van der Waals surface area contributed by atoms with Crippen molar-refractivity contribution in [3.63, 3.8) is 0 Å². The molecule has 1 aliphatic carbocycles. The predicted octanol–water partition coefficient (Wildman–Crippen LogP) is 3.60. The van der Waals surface area contributed by atoms with Crippen LogP contribution >= 0.6 is 11.3 Å². The van der Waals surface area contributed by atoms with E-state index in [4.69, 9.17) is 0 Å². The van der Waals surface area contributed by atoms with Crippen molar-refractivity contribution in [2.75, 3.05) is 0 Å². The monoisotopic (exact) mass is 235 g/mol. The lowest BCUT2D eigenvalue weighted by Gasteiger charge is -2.00. The van der Waals surface area contributed by atoms with E-state index in [0.717, 1.165) is 16.6 Å². The zero-order valence-corrected chi connectivity index (χ0v) is 10.0. The molecule has 2 aromatic rings. The Morgan fingerprint density at radius 3 is 2.94 bits per heavy atom. The van der Waals surface area contributed by atoms with Crippen LogP contribution in [0.5, 0.6) is 0 Å². The van der Waals surface area contributed by atoms with Gasteiger partial charge in [-0.1, -0.05) is 12.1 Å². The molecule has 0 radical (unpaired) electrons. The molecule has 1 aromatic carbocycles. The highest BCUT2D eigenvalue weighted by Crippen LogP contribution is 2.33. The minimum absolute atomic E-state index is 0.0942. The summed E-state index contributed by atoms with van der Waals surface area (Å²) in [7, 11) is 0. The van der Waals surface area contributed by atoms with Crippen LogP contribution in [0.15, 0.2) is 18.2 Å². The van der Waals surface area contributed by atoms with Gasteiger partial charge in [-0.15, -0.1) is 11.3 Å². The summed E-state index contributed by atoms with van der Waals surface area (Å²) >= 11 is 1.58. The third kappa shape index (κ3) is 1.74. The first kappa shape index (κ1) is 10.2. The molecule has 0 bridgehead atoms. The van der Waals surface area contributed by atoms with Crippen molar-refractivity contribution < 1.29 is 4.39 Å². The number of hydrogen-bond donors (Lipinski definition) is 1. The minimum atomic E-state index is -0.0942. The van der Waals surface area contributed by atoms with Crippen LogP contribution in [0.3, 0.4) is 0 Å². The fourth-order valence-electron chi connectivity index (χ4n) is 1.95. The fraction of sp³-hybridized carbons (Fsp3) is 0.385. The molecule has 0 amide bonds. The van der Waals surface area contributed by atoms with E-state index >= 15 is 0 Å². The van der Waals surface area contributed by atoms with Crippen LogP contribution in [-0.4, -0.2) is 6.04 Å². The maximum absolute atomic E-state index is 13.6. The molecule has 0 spiro atoms. The minimum Gasteiger partial charge on any atom is -0.309 e. The van der Waals surface area contributed by atoms with Gasteiger partial charge in [0.1, 0.15) is 5.82 Å². The van der Waals surface area contributed by atoms with Crippen LogP contribution in [0.1, 0.15) is 23.3 Å². The molecule has 1 nitrogen and oxygen atoms in total. The summed E-state index contributed by atoms with van der Waals surface area (Å²) in [5.74, 6) is -0.0942. The Hall–Kier alpha value is -0.930. The number of fused-ring (bicyclic) bond motifs is 1. The predicted molar refractivity (Wildman–Crippen MR) is 66.4 cm³/mol. The summed E-state index contributed by atoms with van der Waals surface area (Å²) in [5.41, 5.74) is 1.23. The zero-order valence-electron chi connectivity index (χ0n) is 9.22. The van der Waals surface area contributed by atoms with Gasteiger partial charge in [-0.2, -0.15) is 0 Å². The lowest BCUT2D eigenvalue weighted by molar-refractivity contribution is 0.641. The second-order valence-electron chi connectivity index (χ2n) is 4.42. The van der Waals surface area contributed by atoms with Crippen LogP contribution in [-0.2, 0) is 6.54 Å². The van der Waals surface area contributed by atoms with E-state index in [9.17, 15) is 4.39 Å². The Kier molecular flexibility index (Phi) is 2.45. The van der Waals surface area contributed by atoms with E-state index in [1.165, 1.54) is 29.3 Å². The summed E-state index contributed by atoms with van der Waals surface area (Å²) < 4.78 is 14.4. The van der Waals surface area contributed by atoms with Crippen LogP contribution < -0.4 is 5.32 Å². The summed E-state index contributed by atoms with van der Waals surface area (Å²) in [6.45, 7) is 2.97. The van der Waals surface area contributed by atoms with Gasteiger partial charge in [-0.25, -0.2) is 4.39 Å². The second kappa shape index (κ2) is 3.82. The molecule has 0 unspecified atom stereocenters. The first-order valence-corrected chi connectivity index (χ1v) is 6.47. The molecule has 1 heterocycles. The average molecular weight is 235 g/mol. The van der Waals surface area contributed by atoms with Crippen LogP contribution in [0.25, 0.3) is 10.1 Å². The summed E-state index contributed by atoms with van der Waals surface area (Å²) in [6.07, 6.45) is 2.58. The quantitative estimate of drug-likeness (QED) is 0.857. The van der Waals surface area contributed by atoms with Crippen molar-refractivity contribution in [1.82, 2.24) is 5.32 Å². The highest BCUT2D eigenvalue weighted by atomic mass is 32.1. The number of thiophene rings is 1. The van der Waals surface area contributed by atoms with Gasteiger partial charge in [0.05, 0.1) is 4.70 Å². The molecular weight excluding hydrogens is 221 g/mol. The molecule has 1 aliphatic rings. The molecular formula is C13H14FNS. The van der Waals surface area contributed by atoms with Gasteiger partial charge < -0.3 is 5.32 Å². The normalized spacial score (nSPS) is 15.9. The fourth-order valence-corrected chi connectivity index (χ4v) is 3.11. The van der Waals surface area contributed by atoms with Crippen LogP contribution in [0, 0.1) is 12.7 Å². The molecule has 0 aliphatic heterocycles. The molecule has 16 heavy (non-hydrogen) atoms. The zero-order chi connectivity index (χ0) is 11.1. The Morgan fingerprint density at radius 1 is 1.44 bits per heavy atom. The van der Waals surface area contributed by atoms with Crippen molar-refractivity contribution in [1.29, 1.82) is 0 Å². The van der Waals surface area contributed by atoms with Crippen molar-refractivity contribution in [3.8, 4) is 0 Å². The van der Waals surface area contributed by atoms with E-state index in [-0.39, 0.29) is 5.82 Å². The summed E-state index contributed by atoms with van der Waals surface area (Å²) in [4.78, 5) is 1.27. The molecule has 1 saturated carbocycles. The molecule has 1 fully saturated rings. The third-order valence-corrected chi connectivity index (χ3v) is 4.46. The van der Waals surface area contributed by atoms with Gasteiger partial charge in [-0.3, -0.25) is 0 Å². The number of halogens is 1. The maximum Gasteiger partial charge on any atom is 0.141 e. The first-order valence-electron chi connectivity index (χ1n) is 5.65. The first-order chi connectivity index (χ1) is 7.75. The molecule has 3 rings (SSSR count). The smallest absolute Gasteiger partial charge is 0.141 e. The largest absolute Gasteiger partial charge is 0.309 e. The topological polar surface area (TPSA) is 12.0 Å². The second-order valence-corrected chi connectivity index (χ2v) is 5.53. The molecule has 0 atom stereocenters. The highest BCUT2D eigenvalue weighted by molar-refractivity contribution is 7.19. The summed E-state index contributed by atoms with van der Waals surface area (Å²) in [6, 6.07) is 6.03. The average Bonchev–Trinajstić information content (AvgIpc) is 3.04. The van der Waals surface area contributed by atoms with Crippen molar-refractivity contribution in [2.24, 2.45) is 0 Å². The number of aryl methyl sites for hydroxylation is 1. The Labute approximate surface area is 98.3 Å². The number of benzene rings is 1. The van der Waals surface area contributed by atoms with E-state index < -0.39 is 0 Å². The molecule has 1 aromatic heterocycles. The molecule has 0 saturated heterocycles. The SMILES string of the molecule is Cc1c(CNC2CC2)sc2c(F)cccc12. The summed E-state index contributed by atoms with van der Waals surface area (Å²) in [5, 5.41) is 4.55. The van der Waals surface area contributed by atoms with Gasteiger partial charge in [0.2, 0.25) is 0 Å². The van der Waals surface area contributed by atoms with Crippen LogP contribution in [0.4, 0.5) is 4.39 Å². The van der Waals surface area contributed by atoms with Crippen molar-refractivity contribution in [2.45, 2.75) is 32.4 Å². The van der Waals surface area contributed by atoms with Gasteiger partial charge >= 0.3 is 0 Å². The standard InChI is InChI=1S/C13H14FNS/c1-8-10-3-2-4-11(14)13(10)16-12(8)7-15-9-5-6-9/h2-4,9,15H,5-7H2,1H3. The number of hydrogen-bond acceptors (Lipinski definition) is 2. The molecule has 84 valence electrons. The van der Waals surface area contributed by atoms with Crippen molar-refractivity contribution in [3.05, 3.63) is 34.5 Å². The van der Waals surface area contributed by atoms with E-state index in [1.54, 1.807) is 17.4 Å². The lowest BCUT2D eigenvalue weighted by atomic mass is 10.1. The van der Waals surface area contributed by atoms with Gasteiger partial charge in [-0.05, 0) is 36.8 Å². The van der Waals surface area contributed by atoms with E-state index in [2.05, 4.69) is 12.2 Å².